The van der Waals surface area contributed by atoms with Crippen LogP contribution in [-0.2, 0) is 23.2 Å². The molecule has 0 saturated carbocycles. The number of carbonyl (C=O) groups excluding carboxylic acids is 1. The fraction of sp³-hybridized carbons (Fsp3) is 0.211. The topological polar surface area (TPSA) is 70.2 Å². The number of hydrogen-bond donors (Lipinski definition) is 0. The second-order valence-corrected chi connectivity index (χ2v) is 5.63. The predicted molar refractivity (Wildman–Crippen MR) is 93.5 cm³/mol. The molecule has 6 nitrogen and oxygen atoms in total. The van der Waals surface area contributed by atoms with Crippen LogP contribution in [0.1, 0.15) is 22.8 Å². The molecule has 0 saturated heterocycles. The van der Waals surface area contributed by atoms with Gasteiger partial charge in [0.1, 0.15) is 0 Å². The minimum atomic E-state index is -0.456. The van der Waals surface area contributed by atoms with Gasteiger partial charge in [-0.05, 0) is 19.9 Å². The molecule has 0 aliphatic carbocycles. The van der Waals surface area contributed by atoms with Gasteiger partial charge >= 0.3 is 5.97 Å². The summed E-state index contributed by atoms with van der Waals surface area (Å²) < 4.78 is 12.6. The summed E-state index contributed by atoms with van der Waals surface area (Å²) in [6.45, 7) is 3.83. The summed E-state index contributed by atoms with van der Waals surface area (Å²) >= 11 is 0. The van der Waals surface area contributed by atoms with E-state index in [0.717, 1.165) is 22.5 Å². The van der Waals surface area contributed by atoms with Gasteiger partial charge in [0.05, 0.1) is 11.9 Å². The molecule has 0 aliphatic heterocycles. The van der Waals surface area contributed by atoms with Crippen LogP contribution in [-0.4, -0.2) is 20.7 Å². The maximum atomic E-state index is 11.9. The number of aromatic nitrogens is 3. The molecule has 6 heteroatoms. The molecular formula is C19H19N3O3. The van der Waals surface area contributed by atoms with Gasteiger partial charge in [0, 0.05) is 29.9 Å². The zero-order valence-corrected chi connectivity index (χ0v) is 14.4. The molecular weight excluding hydrogens is 318 g/mol. The molecule has 0 bridgehead atoms. The van der Waals surface area contributed by atoms with Gasteiger partial charge in [-0.2, -0.15) is 5.10 Å². The Morgan fingerprint density at radius 2 is 2.04 bits per heavy atom. The molecule has 0 spiro atoms. The summed E-state index contributed by atoms with van der Waals surface area (Å²) in [6, 6.07) is 9.63. The molecule has 2 heterocycles. The maximum absolute atomic E-state index is 11.9. The van der Waals surface area contributed by atoms with Crippen molar-refractivity contribution in [2.24, 2.45) is 7.05 Å². The molecule has 25 heavy (non-hydrogen) atoms. The number of ether oxygens (including phenoxy) is 1. The lowest BCUT2D eigenvalue weighted by atomic mass is 10.2. The van der Waals surface area contributed by atoms with E-state index in [1.165, 1.54) is 6.08 Å². The summed E-state index contributed by atoms with van der Waals surface area (Å²) in [4.78, 5) is 16.0. The first-order valence-electron chi connectivity index (χ1n) is 7.90. The molecule has 0 atom stereocenters. The Bertz CT molecular complexity index is 907. The third-order valence-electron chi connectivity index (χ3n) is 3.90. The standard InChI is InChI=1S/C19H19N3O3/c1-13-16(14(2)22(3)21-13)9-10-19(23)24-12-18-20-11-17(25-18)15-7-5-4-6-8-15/h4-11H,12H2,1-3H3/b10-9+. The van der Waals surface area contributed by atoms with Crippen molar-refractivity contribution in [3.8, 4) is 11.3 Å². The van der Waals surface area contributed by atoms with E-state index >= 15 is 0 Å². The van der Waals surface area contributed by atoms with Gasteiger partial charge < -0.3 is 9.15 Å². The number of oxazole rings is 1. The van der Waals surface area contributed by atoms with Crippen molar-refractivity contribution in [3.63, 3.8) is 0 Å². The van der Waals surface area contributed by atoms with E-state index in [4.69, 9.17) is 9.15 Å². The summed E-state index contributed by atoms with van der Waals surface area (Å²) in [7, 11) is 1.87. The van der Waals surface area contributed by atoms with Crippen molar-refractivity contribution in [2.75, 3.05) is 0 Å². The Hall–Kier alpha value is -3.15. The second kappa shape index (κ2) is 7.17. The number of nitrogens with zero attached hydrogens (tertiary/aromatic N) is 3. The largest absolute Gasteiger partial charge is 0.453 e. The zero-order chi connectivity index (χ0) is 17.8. The number of hydrogen-bond acceptors (Lipinski definition) is 5. The summed E-state index contributed by atoms with van der Waals surface area (Å²) in [6.07, 6.45) is 4.72. The van der Waals surface area contributed by atoms with Crippen LogP contribution in [0.3, 0.4) is 0 Å². The highest BCUT2D eigenvalue weighted by Gasteiger charge is 2.09. The van der Waals surface area contributed by atoms with Crippen molar-refractivity contribution >= 4 is 12.0 Å². The lowest BCUT2D eigenvalue weighted by Crippen LogP contribution is -2.01. The van der Waals surface area contributed by atoms with E-state index in [2.05, 4.69) is 10.1 Å². The molecule has 128 valence electrons. The Kier molecular flexibility index (Phi) is 4.79. The summed E-state index contributed by atoms with van der Waals surface area (Å²) in [5.41, 5.74) is 3.70. The van der Waals surface area contributed by atoms with Crippen molar-refractivity contribution in [1.29, 1.82) is 0 Å². The molecule has 0 fully saturated rings. The van der Waals surface area contributed by atoms with Gasteiger partial charge in [-0.1, -0.05) is 30.3 Å². The van der Waals surface area contributed by atoms with Crippen LogP contribution in [0.4, 0.5) is 0 Å². The first kappa shape index (κ1) is 16.7. The third kappa shape index (κ3) is 3.85. The number of rotatable bonds is 5. The first-order valence-corrected chi connectivity index (χ1v) is 7.90. The van der Waals surface area contributed by atoms with Crippen LogP contribution in [0.2, 0.25) is 0 Å². The van der Waals surface area contributed by atoms with Gasteiger partial charge in [0.2, 0.25) is 5.89 Å². The minimum Gasteiger partial charge on any atom is -0.453 e. The lowest BCUT2D eigenvalue weighted by molar-refractivity contribution is -0.139. The lowest BCUT2D eigenvalue weighted by Gasteiger charge is -1.99. The fourth-order valence-electron chi connectivity index (χ4n) is 2.48. The van der Waals surface area contributed by atoms with Gasteiger partial charge in [-0.25, -0.2) is 9.78 Å². The van der Waals surface area contributed by atoms with Crippen LogP contribution >= 0.6 is 0 Å². The van der Waals surface area contributed by atoms with E-state index in [1.807, 2.05) is 51.2 Å². The van der Waals surface area contributed by atoms with Crippen molar-refractivity contribution in [1.82, 2.24) is 14.8 Å². The average Bonchev–Trinajstić information content (AvgIpc) is 3.18. The Balaban J connectivity index is 1.59. The number of benzene rings is 1. The summed E-state index contributed by atoms with van der Waals surface area (Å²) in [5.74, 6) is 0.542. The maximum Gasteiger partial charge on any atom is 0.331 e. The van der Waals surface area contributed by atoms with Crippen LogP contribution in [0.5, 0.6) is 0 Å². The highest BCUT2D eigenvalue weighted by atomic mass is 16.5. The smallest absolute Gasteiger partial charge is 0.331 e. The Morgan fingerprint density at radius 1 is 1.28 bits per heavy atom. The first-order chi connectivity index (χ1) is 12.0. The molecule has 0 aliphatic rings. The highest BCUT2D eigenvalue weighted by molar-refractivity contribution is 5.87. The van der Waals surface area contributed by atoms with E-state index in [1.54, 1.807) is 17.0 Å². The molecule has 0 radical (unpaired) electrons. The van der Waals surface area contributed by atoms with Crippen LogP contribution in [0.25, 0.3) is 17.4 Å². The quantitative estimate of drug-likeness (QED) is 0.527. The van der Waals surface area contributed by atoms with Gasteiger partial charge in [-0.15, -0.1) is 0 Å². The molecule has 3 rings (SSSR count). The molecule has 2 aromatic heterocycles. The number of carbonyl (C=O) groups is 1. The van der Waals surface area contributed by atoms with Gasteiger partial charge in [0.15, 0.2) is 12.4 Å². The predicted octanol–water partition coefficient (Wildman–Crippen LogP) is 3.45. The van der Waals surface area contributed by atoms with E-state index in [9.17, 15) is 4.79 Å². The van der Waals surface area contributed by atoms with E-state index in [0.29, 0.717) is 11.7 Å². The van der Waals surface area contributed by atoms with E-state index < -0.39 is 5.97 Å². The Labute approximate surface area is 145 Å². The van der Waals surface area contributed by atoms with E-state index in [-0.39, 0.29) is 6.61 Å². The zero-order valence-electron chi connectivity index (χ0n) is 14.4. The van der Waals surface area contributed by atoms with Crippen LogP contribution < -0.4 is 0 Å². The monoisotopic (exact) mass is 337 g/mol. The van der Waals surface area contributed by atoms with Crippen molar-refractivity contribution in [3.05, 3.63) is 65.4 Å². The molecule has 0 unspecified atom stereocenters. The normalized spacial score (nSPS) is 11.2. The van der Waals surface area contributed by atoms with Crippen molar-refractivity contribution < 1.29 is 13.9 Å². The third-order valence-corrected chi connectivity index (χ3v) is 3.90. The van der Waals surface area contributed by atoms with Gasteiger partial charge in [-0.3, -0.25) is 4.68 Å². The number of esters is 1. The Morgan fingerprint density at radius 3 is 2.72 bits per heavy atom. The SMILES string of the molecule is Cc1nn(C)c(C)c1/C=C/C(=O)OCc1ncc(-c2ccccc2)o1. The van der Waals surface area contributed by atoms with Crippen LogP contribution in [0.15, 0.2) is 47.0 Å². The molecule has 0 N–H and O–H groups in total. The fourth-order valence-corrected chi connectivity index (χ4v) is 2.48. The average molecular weight is 337 g/mol. The molecule has 0 amide bonds. The number of aryl methyl sites for hydroxylation is 2. The van der Waals surface area contributed by atoms with Crippen LogP contribution in [0, 0.1) is 13.8 Å². The van der Waals surface area contributed by atoms with Gasteiger partial charge in [0.25, 0.3) is 0 Å². The highest BCUT2D eigenvalue weighted by Crippen LogP contribution is 2.20. The second-order valence-electron chi connectivity index (χ2n) is 5.63. The molecule has 3 aromatic rings. The minimum absolute atomic E-state index is 0.0129. The summed E-state index contributed by atoms with van der Waals surface area (Å²) in [5, 5.41) is 4.30. The molecule has 1 aromatic carbocycles. The van der Waals surface area contributed by atoms with Crippen molar-refractivity contribution in [2.45, 2.75) is 20.5 Å².